The van der Waals surface area contributed by atoms with Crippen molar-refractivity contribution in [1.29, 1.82) is 0 Å². The molecule has 5 aromatic rings. The number of ether oxygens (including phenoxy) is 2. The van der Waals surface area contributed by atoms with Gasteiger partial charge in [0.15, 0.2) is 11.0 Å². The fourth-order valence-electron chi connectivity index (χ4n) is 4.88. The van der Waals surface area contributed by atoms with Crippen molar-refractivity contribution in [3.63, 3.8) is 0 Å². The van der Waals surface area contributed by atoms with Crippen LogP contribution in [0, 0.1) is 0 Å². The molecule has 10 nitrogen and oxygen atoms in total. The van der Waals surface area contributed by atoms with Gasteiger partial charge in [-0.1, -0.05) is 36.0 Å². The fourth-order valence-corrected chi connectivity index (χ4v) is 6.61. The molecule has 1 saturated heterocycles. The highest BCUT2D eigenvalue weighted by atomic mass is 32.2. The molecule has 3 aromatic heterocycles. The molecule has 0 radical (unpaired) electrons. The quantitative estimate of drug-likeness (QED) is 0.215. The molecule has 1 aliphatic heterocycles. The standard InChI is InChI=1S/C30H29N7O3S2/c1-39-25-11-5-3-9-23(25)35-14-16-36(17-15-35)29(38)22-19-41-27(32-22)20-42-30-34-33-28(21-8-7-13-31-18-21)37(30)24-10-4-6-12-26(24)40-2/h3-13,18-19H,14-17,20H2,1-2H3. The van der Waals surface area contributed by atoms with Crippen molar-refractivity contribution in [2.75, 3.05) is 45.3 Å². The Balaban J connectivity index is 1.15. The van der Waals surface area contributed by atoms with Gasteiger partial charge in [0.05, 0.1) is 31.3 Å². The van der Waals surface area contributed by atoms with Gasteiger partial charge in [-0.2, -0.15) is 0 Å². The van der Waals surface area contributed by atoms with E-state index in [1.807, 2.05) is 69.4 Å². The summed E-state index contributed by atoms with van der Waals surface area (Å²) in [5, 5.41) is 12.4. The molecular formula is C30H29N7O3S2. The third-order valence-corrected chi connectivity index (χ3v) is 8.94. The average molecular weight is 600 g/mol. The van der Waals surface area contributed by atoms with Gasteiger partial charge in [0.2, 0.25) is 0 Å². The van der Waals surface area contributed by atoms with E-state index in [2.05, 4.69) is 31.1 Å². The van der Waals surface area contributed by atoms with Crippen LogP contribution in [-0.2, 0) is 5.75 Å². The number of carbonyl (C=O) groups is 1. The number of benzene rings is 2. The Hall–Kier alpha value is -4.42. The third kappa shape index (κ3) is 5.68. The number of pyridine rings is 1. The van der Waals surface area contributed by atoms with Crippen molar-refractivity contribution < 1.29 is 14.3 Å². The molecule has 2 aromatic carbocycles. The summed E-state index contributed by atoms with van der Waals surface area (Å²) in [4.78, 5) is 26.4. The predicted octanol–water partition coefficient (Wildman–Crippen LogP) is 5.06. The Morgan fingerprint density at radius 1 is 0.905 bits per heavy atom. The van der Waals surface area contributed by atoms with Crippen molar-refractivity contribution in [3.05, 3.63) is 89.1 Å². The lowest BCUT2D eigenvalue weighted by molar-refractivity contribution is 0.0741. The van der Waals surface area contributed by atoms with Crippen molar-refractivity contribution in [1.82, 2.24) is 29.6 Å². The molecule has 0 spiro atoms. The zero-order valence-electron chi connectivity index (χ0n) is 23.2. The number of rotatable bonds is 9. The number of thioether (sulfide) groups is 1. The second-order valence-electron chi connectivity index (χ2n) is 9.42. The van der Waals surface area contributed by atoms with Crippen LogP contribution in [0.3, 0.4) is 0 Å². The first-order valence-corrected chi connectivity index (χ1v) is 15.3. The summed E-state index contributed by atoms with van der Waals surface area (Å²) in [6, 6.07) is 19.6. The third-order valence-electron chi connectivity index (χ3n) is 6.97. The van der Waals surface area contributed by atoms with Crippen LogP contribution < -0.4 is 14.4 Å². The number of carbonyl (C=O) groups excluding carboxylic acids is 1. The maximum Gasteiger partial charge on any atom is 0.273 e. The summed E-state index contributed by atoms with van der Waals surface area (Å²) >= 11 is 2.99. The summed E-state index contributed by atoms with van der Waals surface area (Å²) < 4.78 is 13.1. The van der Waals surface area contributed by atoms with Crippen molar-refractivity contribution in [2.24, 2.45) is 0 Å². The minimum absolute atomic E-state index is 0.0433. The van der Waals surface area contributed by atoms with E-state index < -0.39 is 0 Å². The number of para-hydroxylation sites is 4. The lowest BCUT2D eigenvalue weighted by atomic mass is 10.2. The van der Waals surface area contributed by atoms with Gasteiger partial charge in [0.25, 0.3) is 5.91 Å². The predicted molar refractivity (Wildman–Crippen MR) is 164 cm³/mol. The normalized spacial score (nSPS) is 13.3. The van der Waals surface area contributed by atoms with E-state index >= 15 is 0 Å². The zero-order valence-corrected chi connectivity index (χ0v) is 24.8. The number of nitrogens with zero attached hydrogens (tertiary/aromatic N) is 7. The maximum atomic E-state index is 13.3. The highest BCUT2D eigenvalue weighted by Gasteiger charge is 2.26. The van der Waals surface area contributed by atoms with Crippen LogP contribution in [0.4, 0.5) is 5.69 Å². The van der Waals surface area contributed by atoms with Gasteiger partial charge in [0, 0.05) is 49.5 Å². The molecular weight excluding hydrogens is 571 g/mol. The Morgan fingerprint density at radius 3 is 2.33 bits per heavy atom. The minimum Gasteiger partial charge on any atom is -0.495 e. The van der Waals surface area contributed by atoms with Crippen LogP contribution in [0.5, 0.6) is 11.5 Å². The van der Waals surface area contributed by atoms with Crippen molar-refractivity contribution in [3.8, 4) is 28.6 Å². The number of anilines is 1. The van der Waals surface area contributed by atoms with E-state index in [1.54, 1.807) is 26.6 Å². The fraction of sp³-hybridized carbons (Fsp3) is 0.233. The monoisotopic (exact) mass is 599 g/mol. The SMILES string of the molecule is COc1ccccc1N1CCN(C(=O)c2csc(CSc3nnc(-c4cccnc4)n3-c3ccccc3OC)n2)CC1. The zero-order chi connectivity index (χ0) is 28.9. The Morgan fingerprint density at radius 2 is 1.62 bits per heavy atom. The minimum atomic E-state index is -0.0433. The number of aromatic nitrogens is 5. The molecule has 0 bridgehead atoms. The molecule has 1 amide bonds. The van der Waals surface area contributed by atoms with Crippen LogP contribution >= 0.6 is 23.1 Å². The van der Waals surface area contributed by atoms with Gasteiger partial charge < -0.3 is 19.3 Å². The lowest BCUT2D eigenvalue weighted by Crippen LogP contribution is -2.49. The van der Waals surface area contributed by atoms with E-state index in [-0.39, 0.29) is 5.91 Å². The van der Waals surface area contributed by atoms with E-state index in [0.717, 1.165) is 40.8 Å². The maximum absolute atomic E-state index is 13.3. The molecule has 42 heavy (non-hydrogen) atoms. The second-order valence-corrected chi connectivity index (χ2v) is 11.3. The summed E-state index contributed by atoms with van der Waals surface area (Å²) in [6.07, 6.45) is 3.49. The van der Waals surface area contributed by atoms with Crippen molar-refractivity contribution in [2.45, 2.75) is 10.9 Å². The topological polar surface area (TPSA) is 98.5 Å². The smallest absolute Gasteiger partial charge is 0.273 e. The molecule has 0 unspecified atom stereocenters. The first-order chi connectivity index (χ1) is 20.7. The average Bonchev–Trinajstić information content (AvgIpc) is 3.71. The van der Waals surface area contributed by atoms with Crippen LogP contribution in [0.25, 0.3) is 17.1 Å². The summed E-state index contributed by atoms with van der Waals surface area (Å²) in [5.74, 6) is 2.71. The van der Waals surface area contributed by atoms with Gasteiger partial charge >= 0.3 is 0 Å². The summed E-state index contributed by atoms with van der Waals surface area (Å²) in [7, 11) is 3.32. The Bertz CT molecular complexity index is 1670. The van der Waals surface area contributed by atoms with E-state index in [4.69, 9.17) is 9.47 Å². The van der Waals surface area contributed by atoms with Gasteiger partial charge in [-0.25, -0.2) is 4.98 Å². The first kappa shape index (κ1) is 27.7. The molecule has 6 rings (SSSR count). The largest absolute Gasteiger partial charge is 0.495 e. The first-order valence-electron chi connectivity index (χ1n) is 13.4. The van der Waals surface area contributed by atoms with Gasteiger partial charge in [-0.3, -0.25) is 14.3 Å². The van der Waals surface area contributed by atoms with Gasteiger partial charge in [-0.15, -0.1) is 21.5 Å². The van der Waals surface area contributed by atoms with Crippen LogP contribution in [-0.4, -0.2) is 75.9 Å². The molecule has 1 fully saturated rings. The number of hydrogen-bond donors (Lipinski definition) is 0. The molecule has 0 saturated carbocycles. The van der Waals surface area contributed by atoms with Gasteiger partial charge in [-0.05, 0) is 36.4 Å². The van der Waals surface area contributed by atoms with Crippen LogP contribution in [0.2, 0.25) is 0 Å². The summed E-state index contributed by atoms with van der Waals surface area (Å²) in [5.41, 5.74) is 3.20. The molecule has 0 atom stereocenters. The number of thiazole rings is 1. The van der Waals surface area contributed by atoms with Gasteiger partial charge in [0.1, 0.15) is 22.2 Å². The Labute approximate surface area is 252 Å². The highest BCUT2D eigenvalue weighted by molar-refractivity contribution is 7.98. The molecule has 214 valence electrons. The van der Waals surface area contributed by atoms with E-state index in [0.29, 0.717) is 41.3 Å². The number of piperazine rings is 1. The number of hydrogen-bond acceptors (Lipinski definition) is 10. The van der Waals surface area contributed by atoms with Crippen molar-refractivity contribution >= 4 is 34.7 Å². The highest BCUT2D eigenvalue weighted by Crippen LogP contribution is 2.34. The van der Waals surface area contributed by atoms with E-state index in [1.165, 1.54) is 23.1 Å². The molecule has 0 N–H and O–H groups in total. The molecule has 1 aliphatic rings. The van der Waals surface area contributed by atoms with E-state index in [9.17, 15) is 4.79 Å². The number of amides is 1. The molecule has 0 aliphatic carbocycles. The second kappa shape index (κ2) is 12.6. The summed E-state index contributed by atoms with van der Waals surface area (Å²) in [6.45, 7) is 2.71. The number of methoxy groups -OCH3 is 2. The Kier molecular flexibility index (Phi) is 8.33. The van der Waals surface area contributed by atoms with Crippen LogP contribution in [0.15, 0.2) is 83.6 Å². The lowest BCUT2D eigenvalue weighted by Gasteiger charge is -2.36. The molecule has 12 heteroatoms. The van der Waals surface area contributed by atoms with Crippen LogP contribution in [0.1, 0.15) is 15.5 Å². The molecule has 4 heterocycles.